The second-order valence-corrected chi connectivity index (χ2v) is 6.45. The topological polar surface area (TPSA) is 85.3 Å². The van der Waals surface area contributed by atoms with E-state index in [1.807, 2.05) is 6.92 Å². The number of unbranched alkanes of at least 4 members (excludes halogenated alkanes) is 1. The zero-order valence-electron chi connectivity index (χ0n) is 14.6. The first-order valence-corrected chi connectivity index (χ1v) is 8.87. The summed E-state index contributed by atoms with van der Waals surface area (Å²) in [7, 11) is 0. The van der Waals surface area contributed by atoms with Crippen LogP contribution >= 0.6 is 0 Å². The third-order valence-corrected chi connectivity index (χ3v) is 4.53. The molecule has 2 unspecified atom stereocenters. The number of amides is 1. The number of ether oxygens (including phenoxy) is 3. The molecule has 0 aromatic heterocycles. The SMILES string of the molecule is CCCCC1Oc2cc(F)c(OC(=O)N3CCCCC3C(=O)O)cc2O1. The normalized spacial score (nSPS) is 21.5. The molecule has 3 rings (SSSR count). The van der Waals surface area contributed by atoms with Gasteiger partial charge in [-0.2, -0.15) is 0 Å². The molecule has 2 aliphatic rings. The van der Waals surface area contributed by atoms with Crippen molar-refractivity contribution in [3.05, 3.63) is 17.9 Å². The average Bonchev–Trinajstić information content (AvgIpc) is 3.01. The number of benzene rings is 1. The van der Waals surface area contributed by atoms with E-state index in [9.17, 15) is 19.1 Å². The highest BCUT2D eigenvalue weighted by molar-refractivity contribution is 5.81. The standard InChI is InChI=1S/C18H22FNO6/c1-2-3-7-16-24-14-9-11(19)13(10-15(14)25-16)26-18(23)20-8-5-4-6-12(20)17(21)22/h9-10,12,16H,2-8H2,1H3,(H,21,22). The third-order valence-electron chi connectivity index (χ3n) is 4.53. The van der Waals surface area contributed by atoms with Crippen molar-refractivity contribution in [1.29, 1.82) is 0 Å². The van der Waals surface area contributed by atoms with Gasteiger partial charge in [0.25, 0.3) is 0 Å². The van der Waals surface area contributed by atoms with Crippen molar-refractivity contribution in [2.45, 2.75) is 57.8 Å². The van der Waals surface area contributed by atoms with E-state index in [1.54, 1.807) is 0 Å². The smallest absolute Gasteiger partial charge is 0.416 e. The van der Waals surface area contributed by atoms with Crippen LogP contribution in [-0.4, -0.2) is 40.9 Å². The lowest BCUT2D eigenvalue weighted by molar-refractivity contribution is -0.143. The van der Waals surface area contributed by atoms with Crippen LogP contribution in [0.1, 0.15) is 45.4 Å². The molecule has 2 heterocycles. The van der Waals surface area contributed by atoms with Gasteiger partial charge in [0.05, 0.1) is 0 Å². The van der Waals surface area contributed by atoms with Crippen molar-refractivity contribution in [2.75, 3.05) is 6.54 Å². The molecule has 26 heavy (non-hydrogen) atoms. The van der Waals surface area contributed by atoms with E-state index in [-0.39, 0.29) is 18.0 Å². The molecule has 0 bridgehead atoms. The molecule has 7 nitrogen and oxygen atoms in total. The molecule has 8 heteroatoms. The van der Waals surface area contributed by atoms with Crippen molar-refractivity contribution in [1.82, 2.24) is 4.90 Å². The average molecular weight is 367 g/mol. The summed E-state index contributed by atoms with van der Waals surface area (Å²) < 4.78 is 30.5. The van der Waals surface area contributed by atoms with E-state index >= 15 is 0 Å². The first-order chi connectivity index (χ1) is 12.5. The van der Waals surface area contributed by atoms with Crippen LogP contribution in [-0.2, 0) is 4.79 Å². The Bertz CT molecular complexity index is 695. The second kappa shape index (κ2) is 7.80. The summed E-state index contributed by atoms with van der Waals surface area (Å²) in [5.41, 5.74) is 0. The summed E-state index contributed by atoms with van der Waals surface area (Å²) in [6.45, 7) is 2.31. The number of rotatable bonds is 5. The number of carbonyl (C=O) groups is 2. The number of aliphatic carboxylic acids is 1. The molecule has 0 aliphatic carbocycles. The molecule has 142 valence electrons. The molecule has 0 radical (unpaired) electrons. The summed E-state index contributed by atoms with van der Waals surface area (Å²) >= 11 is 0. The zero-order valence-corrected chi connectivity index (χ0v) is 14.6. The fraction of sp³-hybridized carbons (Fsp3) is 0.556. The van der Waals surface area contributed by atoms with Crippen LogP contribution in [0.4, 0.5) is 9.18 Å². The van der Waals surface area contributed by atoms with Gasteiger partial charge in [-0.05, 0) is 25.7 Å². The summed E-state index contributed by atoms with van der Waals surface area (Å²) in [6.07, 6.45) is 2.97. The molecule has 1 N–H and O–H groups in total. The molecule has 2 atom stereocenters. The van der Waals surface area contributed by atoms with Gasteiger partial charge in [-0.25, -0.2) is 14.0 Å². The summed E-state index contributed by atoms with van der Waals surface area (Å²) in [5.74, 6) is -1.58. The van der Waals surface area contributed by atoms with Crippen LogP contribution in [0, 0.1) is 5.82 Å². The minimum Gasteiger partial charge on any atom is -0.480 e. The van der Waals surface area contributed by atoms with Gasteiger partial charge in [0.15, 0.2) is 23.1 Å². The number of nitrogens with zero attached hydrogens (tertiary/aromatic N) is 1. The molecule has 1 aromatic carbocycles. The lowest BCUT2D eigenvalue weighted by Crippen LogP contribution is -2.49. The number of piperidine rings is 1. The Morgan fingerprint density at radius 1 is 1.31 bits per heavy atom. The maximum atomic E-state index is 14.3. The van der Waals surface area contributed by atoms with Crippen LogP contribution in [0.15, 0.2) is 12.1 Å². The second-order valence-electron chi connectivity index (χ2n) is 6.45. The van der Waals surface area contributed by atoms with Gasteiger partial charge in [-0.3, -0.25) is 4.90 Å². The number of fused-ring (bicyclic) bond motifs is 1. The Morgan fingerprint density at radius 2 is 2.04 bits per heavy atom. The van der Waals surface area contributed by atoms with E-state index in [2.05, 4.69) is 0 Å². The van der Waals surface area contributed by atoms with Gasteiger partial charge in [0, 0.05) is 25.1 Å². The fourth-order valence-electron chi connectivity index (χ4n) is 3.13. The van der Waals surface area contributed by atoms with Gasteiger partial charge in [0.1, 0.15) is 6.04 Å². The van der Waals surface area contributed by atoms with Crippen LogP contribution in [0.5, 0.6) is 17.2 Å². The maximum absolute atomic E-state index is 14.3. The Hall–Kier alpha value is -2.51. The van der Waals surface area contributed by atoms with Crippen LogP contribution in [0.25, 0.3) is 0 Å². The number of likely N-dealkylation sites (tertiary alicyclic amines) is 1. The molecule has 0 saturated carbocycles. The van der Waals surface area contributed by atoms with Crippen molar-refractivity contribution in [3.8, 4) is 17.2 Å². The quantitative estimate of drug-likeness (QED) is 0.857. The first kappa shape index (κ1) is 18.3. The number of hydrogen-bond donors (Lipinski definition) is 1. The van der Waals surface area contributed by atoms with Crippen molar-refractivity contribution in [3.63, 3.8) is 0 Å². The van der Waals surface area contributed by atoms with Gasteiger partial charge < -0.3 is 19.3 Å². The summed E-state index contributed by atoms with van der Waals surface area (Å²) in [5, 5.41) is 9.24. The Morgan fingerprint density at radius 3 is 2.73 bits per heavy atom. The summed E-state index contributed by atoms with van der Waals surface area (Å²) in [4.78, 5) is 24.8. The lowest BCUT2D eigenvalue weighted by Gasteiger charge is -2.31. The van der Waals surface area contributed by atoms with Gasteiger partial charge in [-0.15, -0.1) is 0 Å². The molecule has 1 amide bonds. The highest BCUT2D eigenvalue weighted by Gasteiger charge is 2.34. The van der Waals surface area contributed by atoms with Crippen LogP contribution in [0.2, 0.25) is 0 Å². The first-order valence-electron chi connectivity index (χ1n) is 8.87. The predicted octanol–water partition coefficient (Wildman–Crippen LogP) is 3.55. The third kappa shape index (κ3) is 3.84. The highest BCUT2D eigenvalue weighted by Crippen LogP contribution is 2.40. The maximum Gasteiger partial charge on any atom is 0.416 e. The molecule has 1 aromatic rings. The Balaban J connectivity index is 1.71. The molecular formula is C18H22FNO6. The number of halogens is 1. The lowest BCUT2D eigenvalue weighted by atomic mass is 10.0. The number of carboxylic acids is 1. The van der Waals surface area contributed by atoms with Crippen molar-refractivity contribution < 1.29 is 33.3 Å². The minimum absolute atomic E-state index is 0.265. The van der Waals surface area contributed by atoms with Crippen LogP contribution < -0.4 is 14.2 Å². The summed E-state index contributed by atoms with van der Waals surface area (Å²) in [6, 6.07) is 1.44. The van der Waals surface area contributed by atoms with E-state index in [4.69, 9.17) is 14.2 Å². The zero-order chi connectivity index (χ0) is 18.7. The molecule has 0 spiro atoms. The minimum atomic E-state index is -1.09. The van der Waals surface area contributed by atoms with E-state index < -0.39 is 30.2 Å². The number of carbonyl (C=O) groups excluding carboxylic acids is 1. The van der Waals surface area contributed by atoms with E-state index in [0.29, 0.717) is 25.0 Å². The Kier molecular flexibility index (Phi) is 5.49. The predicted molar refractivity (Wildman–Crippen MR) is 89.0 cm³/mol. The Labute approximate surface area is 150 Å². The van der Waals surface area contributed by atoms with Crippen molar-refractivity contribution in [2.24, 2.45) is 0 Å². The monoisotopic (exact) mass is 367 g/mol. The molecule has 1 fully saturated rings. The van der Waals surface area contributed by atoms with Crippen molar-refractivity contribution >= 4 is 12.1 Å². The van der Waals surface area contributed by atoms with Gasteiger partial charge in [0.2, 0.25) is 6.29 Å². The fourth-order valence-corrected chi connectivity index (χ4v) is 3.13. The van der Waals surface area contributed by atoms with Gasteiger partial charge in [-0.1, -0.05) is 13.3 Å². The van der Waals surface area contributed by atoms with Gasteiger partial charge >= 0.3 is 12.1 Å². The molecule has 1 saturated heterocycles. The highest BCUT2D eigenvalue weighted by atomic mass is 19.1. The largest absolute Gasteiger partial charge is 0.480 e. The number of hydrogen-bond acceptors (Lipinski definition) is 5. The van der Waals surface area contributed by atoms with E-state index in [1.165, 1.54) is 6.07 Å². The van der Waals surface area contributed by atoms with E-state index in [0.717, 1.165) is 30.2 Å². The molecular weight excluding hydrogens is 345 g/mol. The number of carboxylic acid groups (broad SMARTS) is 1. The van der Waals surface area contributed by atoms with Crippen LogP contribution in [0.3, 0.4) is 0 Å². The molecule has 2 aliphatic heterocycles.